The highest BCUT2D eigenvalue weighted by atomic mass is 16.6. The van der Waals surface area contributed by atoms with Crippen molar-refractivity contribution in [3.05, 3.63) is 94.1 Å². The highest BCUT2D eigenvalue weighted by Crippen LogP contribution is 2.26. The Hall–Kier alpha value is -3.74. The standard InChI is InChI=1S/C20H18N4O3/c1-23-13-12-22-20(23)19(25)16-9-10-17(18(14-16)24(26)27)21-11-5-8-15-6-3-2-4-7-15/h2-10,12-14,21H,11H2,1H3/b8-5+. The van der Waals surface area contributed by atoms with E-state index in [9.17, 15) is 14.9 Å². The molecule has 0 atom stereocenters. The van der Waals surface area contributed by atoms with E-state index in [1.165, 1.54) is 12.3 Å². The summed E-state index contributed by atoms with van der Waals surface area (Å²) >= 11 is 0. The number of nitrogens with zero attached hydrogens (tertiary/aromatic N) is 3. The smallest absolute Gasteiger partial charge is 0.293 e. The van der Waals surface area contributed by atoms with Crippen LogP contribution in [0.5, 0.6) is 0 Å². The molecule has 0 radical (unpaired) electrons. The molecule has 0 bridgehead atoms. The van der Waals surface area contributed by atoms with E-state index in [0.29, 0.717) is 12.2 Å². The van der Waals surface area contributed by atoms with Gasteiger partial charge in [0.25, 0.3) is 5.69 Å². The topological polar surface area (TPSA) is 90.1 Å². The Morgan fingerprint density at radius 2 is 2.04 bits per heavy atom. The number of imidazole rings is 1. The first kappa shape index (κ1) is 18.1. The van der Waals surface area contributed by atoms with Crippen LogP contribution in [0.15, 0.2) is 67.0 Å². The van der Waals surface area contributed by atoms with E-state index >= 15 is 0 Å². The first-order valence-corrected chi connectivity index (χ1v) is 8.32. The SMILES string of the molecule is Cn1ccnc1C(=O)c1ccc(NC/C=C/c2ccccc2)c([N+](=O)[O-])c1. The Kier molecular flexibility index (Phi) is 5.41. The predicted octanol–water partition coefficient (Wildman–Crippen LogP) is 3.68. The number of nitrogens with one attached hydrogen (secondary N) is 1. The lowest BCUT2D eigenvalue weighted by molar-refractivity contribution is -0.384. The second-order valence-electron chi connectivity index (χ2n) is 5.87. The first-order valence-electron chi connectivity index (χ1n) is 8.32. The van der Waals surface area contributed by atoms with Gasteiger partial charge in [-0.1, -0.05) is 42.5 Å². The van der Waals surface area contributed by atoms with Crippen LogP contribution in [0.2, 0.25) is 0 Å². The normalized spacial score (nSPS) is 10.9. The lowest BCUT2D eigenvalue weighted by Gasteiger charge is -2.07. The van der Waals surface area contributed by atoms with Gasteiger partial charge in [0, 0.05) is 37.6 Å². The molecule has 7 nitrogen and oxygen atoms in total. The number of carbonyl (C=O) groups is 1. The van der Waals surface area contributed by atoms with Gasteiger partial charge in [0.2, 0.25) is 5.78 Å². The Bertz CT molecular complexity index is 993. The van der Waals surface area contributed by atoms with Crippen LogP contribution in [0.25, 0.3) is 6.08 Å². The van der Waals surface area contributed by atoms with Crippen LogP contribution in [0.1, 0.15) is 21.7 Å². The molecule has 0 spiro atoms. The van der Waals surface area contributed by atoms with E-state index in [0.717, 1.165) is 5.56 Å². The average molecular weight is 362 g/mol. The third kappa shape index (κ3) is 4.27. The van der Waals surface area contributed by atoms with E-state index in [1.54, 1.807) is 29.9 Å². The summed E-state index contributed by atoms with van der Waals surface area (Å²) in [6.07, 6.45) is 6.97. The van der Waals surface area contributed by atoms with E-state index in [-0.39, 0.29) is 22.9 Å². The molecule has 0 aliphatic rings. The minimum Gasteiger partial charge on any atom is -0.376 e. The number of rotatable bonds is 7. The summed E-state index contributed by atoms with van der Waals surface area (Å²) in [6, 6.07) is 14.1. The fourth-order valence-corrected chi connectivity index (χ4v) is 2.61. The van der Waals surface area contributed by atoms with Gasteiger partial charge in [0.15, 0.2) is 5.82 Å². The fraction of sp³-hybridized carbons (Fsp3) is 0.100. The number of nitro benzene ring substituents is 1. The zero-order chi connectivity index (χ0) is 19.2. The zero-order valence-electron chi connectivity index (χ0n) is 14.7. The third-order valence-corrected chi connectivity index (χ3v) is 4.00. The lowest BCUT2D eigenvalue weighted by Crippen LogP contribution is -2.10. The van der Waals surface area contributed by atoms with E-state index in [4.69, 9.17) is 0 Å². The van der Waals surface area contributed by atoms with Gasteiger partial charge in [-0.05, 0) is 17.7 Å². The molecule has 0 fully saturated rings. The monoisotopic (exact) mass is 362 g/mol. The van der Waals surface area contributed by atoms with Gasteiger partial charge in [-0.3, -0.25) is 14.9 Å². The molecule has 0 amide bonds. The largest absolute Gasteiger partial charge is 0.376 e. The molecule has 0 unspecified atom stereocenters. The number of aryl methyl sites for hydroxylation is 1. The second-order valence-corrected chi connectivity index (χ2v) is 5.87. The molecular formula is C20H18N4O3. The molecule has 3 aromatic rings. The molecule has 27 heavy (non-hydrogen) atoms. The molecule has 2 aromatic carbocycles. The summed E-state index contributed by atoms with van der Waals surface area (Å²) in [7, 11) is 1.70. The summed E-state index contributed by atoms with van der Waals surface area (Å²) < 4.78 is 1.58. The molecule has 1 aromatic heterocycles. The minimum atomic E-state index is -0.502. The van der Waals surface area contributed by atoms with Crippen molar-refractivity contribution in [1.82, 2.24) is 9.55 Å². The number of hydrogen-bond donors (Lipinski definition) is 1. The van der Waals surface area contributed by atoms with Gasteiger partial charge >= 0.3 is 0 Å². The minimum absolute atomic E-state index is 0.150. The van der Waals surface area contributed by atoms with Crippen molar-refractivity contribution in [1.29, 1.82) is 0 Å². The molecule has 0 aliphatic heterocycles. The molecule has 1 N–H and O–H groups in total. The lowest BCUT2D eigenvalue weighted by atomic mass is 10.1. The van der Waals surface area contributed by atoms with E-state index < -0.39 is 4.92 Å². The van der Waals surface area contributed by atoms with Crippen molar-refractivity contribution in [2.24, 2.45) is 7.05 Å². The van der Waals surface area contributed by atoms with Crippen molar-refractivity contribution in [2.75, 3.05) is 11.9 Å². The van der Waals surface area contributed by atoms with Crippen LogP contribution in [-0.4, -0.2) is 26.8 Å². The number of ketones is 1. The first-order chi connectivity index (χ1) is 13.1. The van der Waals surface area contributed by atoms with Crippen molar-refractivity contribution in [3.8, 4) is 0 Å². The number of aromatic nitrogens is 2. The number of anilines is 1. The number of carbonyl (C=O) groups excluding carboxylic acids is 1. The Balaban J connectivity index is 1.76. The average Bonchev–Trinajstić information content (AvgIpc) is 3.11. The Labute approximate surface area is 156 Å². The highest BCUT2D eigenvalue weighted by molar-refractivity contribution is 6.07. The van der Waals surface area contributed by atoms with Crippen molar-refractivity contribution in [3.63, 3.8) is 0 Å². The number of nitro groups is 1. The summed E-state index contributed by atoms with van der Waals surface area (Å²) in [5.41, 5.74) is 1.48. The summed E-state index contributed by atoms with van der Waals surface area (Å²) in [5.74, 6) is -0.128. The van der Waals surface area contributed by atoms with Gasteiger partial charge < -0.3 is 9.88 Å². The van der Waals surface area contributed by atoms with Crippen LogP contribution in [0.3, 0.4) is 0 Å². The maximum Gasteiger partial charge on any atom is 0.293 e. The van der Waals surface area contributed by atoms with Crippen LogP contribution in [0, 0.1) is 10.1 Å². The van der Waals surface area contributed by atoms with Crippen molar-refractivity contribution < 1.29 is 9.72 Å². The number of hydrogen-bond acceptors (Lipinski definition) is 5. The van der Waals surface area contributed by atoms with Gasteiger partial charge in [-0.25, -0.2) is 4.98 Å². The molecule has 1 heterocycles. The molecule has 0 saturated carbocycles. The van der Waals surface area contributed by atoms with Crippen LogP contribution >= 0.6 is 0 Å². The second kappa shape index (κ2) is 8.09. The maximum atomic E-state index is 12.5. The van der Waals surface area contributed by atoms with E-state index in [2.05, 4.69) is 10.3 Å². The van der Waals surface area contributed by atoms with Crippen molar-refractivity contribution in [2.45, 2.75) is 0 Å². The van der Waals surface area contributed by atoms with Gasteiger partial charge in [-0.15, -0.1) is 0 Å². The summed E-state index contributed by atoms with van der Waals surface area (Å²) in [4.78, 5) is 27.4. The zero-order valence-corrected chi connectivity index (χ0v) is 14.7. The molecule has 3 rings (SSSR count). The maximum absolute atomic E-state index is 12.5. The van der Waals surface area contributed by atoms with Gasteiger partial charge in [-0.2, -0.15) is 0 Å². The van der Waals surface area contributed by atoms with Crippen LogP contribution < -0.4 is 5.32 Å². The molecule has 0 saturated heterocycles. The van der Waals surface area contributed by atoms with E-state index in [1.807, 2.05) is 42.5 Å². The molecular weight excluding hydrogens is 344 g/mol. The Morgan fingerprint density at radius 1 is 1.26 bits per heavy atom. The predicted molar refractivity (Wildman–Crippen MR) is 104 cm³/mol. The third-order valence-electron chi connectivity index (χ3n) is 4.00. The van der Waals surface area contributed by atoms with Crippen LogP contribution in [0.4, 0.5) is 11.4 Å². The quantitative estimate of drug-likeness (QED) is 0.393. The summed E-state index contributed by atoms with van der Waals surface area (Å²) in [6.45, 7) is 0.419. The highest BCUT2D eigenvalue weighted by Gasteiger charge is 2.20. The van der Waals surface area contributed by atoms with Gasteiger partial charge in [0.1, 0.15) is 5.69 Å². The fourth-order valence-electron chi connectivity index (χ4n) is 2.61. The Morgan fingerprint density at radius 3 is 2.70 bits per heavy atom. The molecule has 136 valence electrons. The van der Waals surface area contributed by atoms with Gasteiger partial charge in [0.05, 0.1) is 4.92 Å². The van der Waals surface area contributed by atoms with Crippen LogP contribution in [-0.2, 0) is 7.05 Å². The van der Waals surface area contributed by atoms with Crippen molar-refractivity contribution >= 4 is 23.2 Å². The molecule has 0 aliphatic carbocycles. The summed E-state index contributed by atoms with van der Waals surface area (Å²) in [5, 5.41) is 14.4. The molecule has 7 heteroatoms. The number of benzene rings is 2.